The Morgan fingerprint density at radius 1 is 1.35 bits per heavy atom. The fraction of sp³-hybridized carbons (Fsp3) is 0.647. The van der Waals surface area contributed by atoms with Gasteiger partial charge in [0.1, 0.15) is 18.5 Å². The van der Waals surface area contributed by atoms with Crippen LogP contribution in [0.25, 0.3) is 0 Å². The van der Waals surface area contributed by atoms with Gasteiger partial charge in [-0.1, -0.05) is 31.5 Å². The Kier molecular flexibility index (Phi) is 5.06. The second-order valence-corrected chi connectivity index (χ2v) is 6.79. The molecule has 2 N–H and O–H groups in total. The molecular formula is C17H27NO2. The van der Waals surface area contributed by atoms with Gasteiger partial charge in [0.25, 0.3) is 0 Å². The van der Waals surface area contributed by atoms with Gasteiger partial charge in [0.2, 0.25) is 0 Å². The second-order valence-electron chi connectivity index (χ2n) is 6.79. The maximum absolute atomic E-state index is 9.97. The summed E-state index contributed by atoms with van der Waals surface area (Å²) >= 11 is 0. The number of benzene rings is 1. The summed E-state index contributed by atoms with van der Waals surface area (Å²) in [5.41, 5.74) is 1.66. The zero-order valence-electron chi connectivity index (χ0n) is 12.9. The highest BCUT2D eigenvalue weighted by Gasteiger charge is 2.30. The molecule has 2 unspecified atom stereocenters. The molecule has 1 aromatic rings. The Hall–Kier alpha value is -1.06. The highest BCUT2D eigenvalue weighted by atomic mass is 16.5. The van der Waals surface area contributed by atoms with Gasteiger partial charge in [-0.3, -0.25) is 0 Å². The van der Waals surface area contributed by atoms with Crippen LogP contribution in [-0.4, -0.2) is 30.4 Å². The lowest BCUT2D eigenvalue weighted by Gasteiger charge is -2.19. The van der Waals surface area contributed by atoms with Gasteiger partial charge in [-0.15, -0.1) is 0 Å². The van der Waals surface area contributed by atoms with Crippen LogP contribution in [0, 0.1) is 12.3 Å². The quantitative estimate of drug-likeness (QED) is 0.840. The van der Waals surface area contributed by atoms with Crippen LogP contribution in [0.2, 0.25) is 0 Å². The molecule has 112 valence electrons. The molecule has 1 aliphatic carbocycles. The van der Waals surface area contributed by atoms with Gasteiger partial charge in [0.05, 0.1) is 0 Å². The number of aliphatic hydroxyl groups excluding tert-OH is 1. The van der Waals surface area contributed by atoms with E-state index in [0.717, 1.165) is 5.75 Å². The van der Waals surface area contributed by atoms with E-state index in [2.05, 4.69) is 19.2 Å². The summed E-state index contributed by atoms with van der Waals surface area (Å²) in [5, 5.41) is 13.4. The summed E-state index contributed by atoms with van der Waals surface area (Å²) in [6.07, 6.45) is 3.21. The van der Waals surface area contributed by atoms with Crippen LogP contribution < -0.4 is 10.1 Å². The smallest absolute Gasteiger partial charge is 0.119 e. The van der Waals surface area contributed by atoms with E-state index in [-0.39, 0.29) is 0 Å². The lowest BCUT2D eigenvalue weighted by Crippen LogP contribution is -2.37. The van der Waals surface area contributed by atoms with Gasteiger partial charge in [0.15, 0.2) is 0 Å². The molecule has 0 aliphatic heterocycles. The van der Waals surface area contributed by atoms with E-state index in [1.165, 1.54) is 24.8 Å². The maximum atomic E-state index is 9.97. The van der Waals surface area contributed by atoms with Crippen LogP contribution in [0.15, 0.2) is 24.3 Å². The third-order valence-corrected chi connectivity index (χ3v) is 4.07. The van der Waals surface area contributed by atoms with Crippen LogP contribution in [0.4, 0.5) is 0 Å². The zero-order valence-corrected chi connectivity index (χ0v) is 12.9. The minimum Gasteiger partial charge on any atom is -0.491 e. The van der Waals surface area contributed by atoms with Crippen molar-refractivity contribution in [3.8, 4) is 5.75 Å². The summed E-state index contributed by atoms with van der Waals surface area (Å²) in [4.78, 5) is 0. The minimum atomic E-state index is -0.458. The summed E-state index contributed by atoms with van der Waals surface area (Å²) in [5.74, 6) is 0.816. The summed E-state index contributed by atoms with van der Waals surface area (Å²) in [6.45, 7) is 7.61. The Labute approximate surface area is 122 Å². The number of hydrogen-bond donors (Lipinski definition) is 2. The second kappa shape index (κ2) is 6.59. The number of hydrogen-bond acceptors (Lipinski definition) is 3. The van der Waals surface area contributed by atoms with Crippen LogP contribution in [-0.2, 0) is 0 Å². The van der Waals surface area contributed by atoms with Crippen molar-refractivity contribution in [2.24, 2.45) is 5.41 Å². The molecule has 0 amide bonds. The highest BCUT2D eigenvalue weighted by Crippen LogP contribution is 2.36. The summed E-state index contributed by atoms with van der Waals surface area (Å²) in [6, 6.07) is 8.45. The monoisotopic (exact) mass is 277 g/mol. The van der Waals surface area contributed by atoms with Crippen molar-refractivity contribution in [1.29, 1.82) is 0 Å². The molecule has 2 atom stereocenters. The molecule has 0 aromatic heterocycles. The van der Waals surface area contributed by atoms with E-state index in [0.29, 0.717) is 24.6 Å². The topological polar surface area (TPSA) is 41.5 Å². The van der Waals surface area contributed by atoms with Crippen LogP contribution in [0.3, 0.4) is 0 Å². The normalized spacial score (nSPS) is 22.7. The molecule has 0 spiro atoms. The fourth-order valence-corrected chi connectivity index (χ4v) is 2.80. The van der Waals surface area contributed by atoms with Crippen molar-refractivity contribution in [1.82, 2.24) is 5.32 Å². The number of nitrogens with one attached hydrogen (secondary N) is 1. The van der Waals surface area contributed by atoms with Crippen molar-refractivity contribution in [2.75, 3.05) is 13.2 Å². The van der Waals surface area contributed by atoms with Crippen molar-refractivity contribution in [3.05, 3.63) is 29.8 Å². The molecule has 0 heterocycles. The Morgan fingerprint density at radius 3 is 2.65 bits per heavy atom. The highest BCUT2D eigenvalue weighted by molar-refractivity contribution is 5.26. The Balaban J connectivity index is 1.65. The predicted octanol–water partition coefficient (Wildman–Crippen LogP) is 2.90. The first kappa shape index (κ1) is 15.3. The molecular weight excluding hydrogens is 250 g/mol. The molecule has 0 radical (unpaired) electrons. The standard InChI is InChI=1S/C17H27NO2/c1-13-4-6-16(7-5-13)20-12-15(19)11-18-14-8-9-17(2,3)10-14/h4-7,14-15,18-19H,8-12H2,1-3H3. The molecule has 3 heteroatoms. The molecule has 20 heavy (non-hydrogen) atoms. The number of rotatable bonds is 6. The predicted molar refractivity (Wildman–Crippen MR) is 82.1 cm³/mol. The van der Waals surface area contributed by atoms with Crippen molar-refractivity contribution < 1.29 is 9.84 Å². The number of ether oxygens (including phenoxy) is 1. The molecule has 0 saturated heterocycles. The van der Waals surface area contributed by atoms with E-state index in [1.807, 2.05) is 31.2 Å². The minimum absolute atomic E-state index is 0.339. The Bertz CT molecular complexity index is 414. The van der Waals surface area contributed by atoms with E-state index < -0.39 is 6.10 Å². The van der Waals surface area contributed by atoms with Gasteiger partial charge >= 0.3 is 0 Å². The SMILES string of the molecule is Cc1ccc(OCC(O)CNC2CCC(C)(C)C2)cc1. The molecule has 1 aromatic carbocycles. The third-order valence-electron chi connectivity index (χ3n) is 4.07. The van der Waals surface area contributed by atoms with Gasteiger partial charge in [-0.25, -0.2) is 0 Å². The molecule has 0 bridgehead atoms. The van der Waals surface area contributed by atoms with Crippen molar-refractivity contribution in [2.45, 2.75) is 52.2 Å². The average Bonchev–Trinajstić information content (AvgIpc) is 2.75. The van der Waals surface area contributed by atoms with Crippen molar-refractivity contribution in [3.63, 3.8) is 0 Å². The molecule has 3 nitrogen and oxygen atoms in total. The first-order chi connectivity index (χ1) is 9.44. The van der Waals surface area contributed by atoms with E-state index in [4.69, 9.17) is 4.74 Å². The first-order valence-electron chi connectivity index (χ1n) is 7.55. The van der Waals surface area contributed by atoms with E-state index in [1.54, 1.807) is 0 Å². The van der Waals surface area contributed by atoms with Gasteiger partial charge < -0.3 is 15.2 Å². The number of aliphatic hydroxyl groups is 1. The molecule has 2 rings (SSSR count). The van der Waals surface area contributed by atoms with Crippen molar-refractivity contribution >= 4 is 0 Å². The molecule has 1 saturated carbocycles. The first-order valence-corrected chi connectivity index (χ1v) is 7.55. The lowest BCUT2D eigenvalue weighted by atomic mass is 9.92. The summed E-state index contributed by atoms with van der Waals surface area (Å²) < 4.78 is 5.59. The molecule has 1 aliphatic rings. The molecule has 1 fully saturated rings. The van der Waals surface area contributed by atoms with Gasteiger partial charge in [-0.2, -0.15) is 0 Å². The van der Waals surface area contributed by atoms with E-state index >= 15 is 0 Å². The van der Waals surface area contributed by atoms with Crippen LogP contribution >= 0.6 is 0 Å². The maximum Gasteiger partial charge on any atom is 0.119 e. The summed E-state index contributed by atoms with van der Waals surface area (Å²) in [7, 11) is 0. The largest absolute Gasteiger partial charge is 0.491 e. The van der Waals surface area contributed by atoms with Crippen LogP contribution in [0.5, 0.6) is 5.75 Å². The number of aryl methyl sites for hydroxylation is 1. The average molecular weight is 277 g/mol. The zero-order chi connectivity index (χ0) is 14.6. The Morgan fingerprint density at radius 2 is 2.05 bits per heavy atom. The van der Waals surface area contributed by atoms with Crippen LogP contribution in [0.1, 0.15) is 38.7 Å². The van der Waals surface area contributed by atoms with E-state index in [9.17, 15) is 5.11 Å². The van der Waals surface area contributed by atoms with Gasteiger partial charge in [-0.05, 0) is 43.7 Å². The fourth-order valence-electron chi connectivity index (χ4n) is 2.80. The van der Waals surface area contributed by atoms with Gasteiger partial charge in [0, 0.05) is 12.6 Å². The lowest BCUT2D eigenvalue weighted by molar-refractivity contribution is 0.103. The third kappa shape index (κ3) is 4.80.